The molecule has 6 heteroatoms. The maximum Gasteiger partial charge on any atom is 0.261 e. The summed E-state index contributed by atoms with van der Waals surface area (Å²) in [6, 6.07) is 15.0. The van der Waals surface area contributed by atoms with Gasteiger partial charge < -0.3 is 15.0 Å². The van der Waals surface area contributed by atoms with Crippen molar-refractivity contribution < 1.29 is 14.3 Å². The van der Waals surface area contributed by atoms with Crippen LogP contribution in [0.2, 0.25) is 0 Å². The minimum absolute atomic E-state index is 0.140. The van der Waals surface area contributed by atoms with E-state index in [2.05, 4.69) is 42.0 Å². The van der Waals surface area contributed by atoms with Crippen molar-refractivity contribution in [1.29, 1.82) is 0 Å². The molecule has 0 bridgehead atoms. The smallest absolute Gasteiger partial charge is 0.261 e. The average molecular weight is 489 g/mol. The molecule has 0 saturated heterocycles. The number of nitrogens with zero attached hydrogens (tertiary/aromatic N) is 1. The summed E-state index contributed by atoms with van der Waals surface area (Å²) in [4.78, 5) is 27.3. The summed E-state index contributed by atoms with van der Waals surface area (Å²) >= 11 is 3.53. The Hall–Kier alpha value is -2.34. The number of carbonyl (C=O) groups is 2. The Morgan fingerprint density at radius 2 is 1.81 bits per heavy atom. The fourth-order valence-corrected chi connectivity index (χ4v) is 3.63. The van der Waals surface area contributed by atoms with Gasteiger partial charge in [0.2, 0.25) is 5.91 Å². The van der Waals surface area contributed by atoms with Crippen LogP contribution in [-0.2, 0) is 16.1 Å². The molecule has 0 aliphatic heterocycles. The van der Waals surface area contributed by atoms with E-state index in [1.807, 2.05) is 48.5 Å². The van der Waals surface area contributed by atoms with E-state index in [0.717, 1.165) is 22.9 Å². The summed E-state index contributed by atoms with van der Waals surface area (Å²) in [5.74, 6) is 0.625. The molecular formula is C25H33BrN2O3. The molecule has 0 fully saturated rings. The van der Waals surface area contributed by atoms with Crippen molar-refractivity contribution in [3.8, 4) is 5.75 Å². The van der Waals surface area contributed by atoms with Crippen LogP contribution >= 0.6 is 15.9 Å². The molecule has 0 heterocycles. The van der Waals surface area contributed by atoms with E-state index in [1.54, 1.807) is 11.8 Å². The van der Waals surface area contributed by atoms with Crippen molar-refractivity contribution in [2.45, 2.75) is 59.0 Å². The predicted molar refractivity (Wildman–Crippen MR) is 128 cm³/mol. The second-order valence-corrected chi connectivity index (χ2v) is 8.82. The Morgan fingerprint density at radius 3 is 2.42 bits per heavy atom. The summed E-state index contributed by atoms with van der Waals surface area (Å²) in [5, 5.41) is 2.92. The third-order valence-electron chi connectivity index (χ3n) is 5.17. The van der Waals surface area contributed by atoms with Crippen LogP contribution in [0, 0.1) is 0 Å². The molecule has 1 N–H and O–H groups in total. The zero-order valence-electron chi connectivity index (χ0n) is 18.9. The third kappa shape index (κ3) is 7.69. The number of hydrogen-bond donors (Lipinski definition) is 1. The fourth-order valence-electron chi connectivity index (χ4n) is 3.11. The van der Waals surface area contributed by atoms with Gasteiger partial charge >= 0.3 is 0 Å². The number of unbranched alkanes of at least 4 members (excludes halogenated alkanes) is 1. The van der Waals surface area contributed by atoms with E-state index in [4.69, 9.17) is 4.74 Å². The molecule has 2 rings (SSSR count). The van der Waals surface area contributed by atoms with Crippen molar-refractivity contribution in [3.63, 3.8) is 0 Å². The number of amides is 2. The predicted octanol–water partition coefficient (Wildman–Crippen LogP) is 5.28. The Bertz CT molecular complexity index is 855. The van der Waals surface area contributed by atoms with Crippen LogP contribution in [0.15, 0.2) is 53.0 Å². The largest absolute Gasteiger partial charge is 0.483 e. The Morgan fingerprint density at radius 1 is 1.10 bits per heavy atom. The molecule has 0 spiro atoms. The van der Waals surface area contributed by atoms with E-state index in [9.17, 15) is 9.59 Å². The lowest BCUT2D eigenvalue weighted by molar-refractivity contribution is -0.142. The standard InChI is InChI=1S/C25H33BrN2O3/c1-5-6-14-27-25(30)19(4)28(16-20-10-8-7-9-11-20)24(29)17-31-23-13-12-21(18(2)3)15-22(23)26/h7-13,15,18-19H,5-6,14,16-17H2,1-4H3,(H,27,30)/t19-/m1/s1. The molecule has 0 radical (unpaired) electrons. The number of ether oxygens (including phenoxy) is 1. The van der Waals surface area contributed by atoms with Gasteiger partial charge in [0.25, 0.3) is 5.91 Å². The second kappa shape index (κ2) is 12.5. The number of nitrogens with one attached hydrogen (secondary N) is 1. The highest BCUT2D eigenvalue weighted by atomic mass is 79.9. The van der Waals surface area contributed by atoms with Crippen LogP contribution in [0.4, 0.5) is 0 Å². The molecule has 2 aromatic carbocycles. The van der Waals surface area contributed by atoms with Crippen molar-refractivity contribution in [1.82, 2.24) is 10.2 Å². The highest BCUT2D eigenvalue weighted by Gasteiger charge is 2.26. The normalized spacial score (nSPS) is 11.8. The van der Waals surface area contributed by atoms with Gasteiger partial charge in [0.1, 0.15) is 11.8 Å². The van der Waals surface area contributed by atoms with E-state index >= 15 is 0 Å². The molecule has 0 aliphatic rings. The monoisotopic (exact) mass is 488 g/mol. The molecule has 1 atom stereocenters. The van der Waals surface area contributed by atoms with Gasteiger partial charge in [-0.05, 0) is 58.5 Å². The van der Waals surface area contributed by atoms with Crippen LogP contribution in [0.3, 0.4) is 0 Å². The lowest BCUT2D eigenvalue weighted by Gasteiger charge is -2.29. The Kier molecular flexibility index (Phi) is 10.0. The van der Waals surface area contributed by atoms with Gasteiger partial charge in [0.05, 0.1) is 4.47 Å². The summed E-state index contributed by atoms with van der Waals surface area (Å²) in [7, 11) is 0. The highest BCUT2D eigenvalue weighted by Crippen LogP contribution is 2.29. The number of benzene rings is 2. The molecule has 0 aliphatic carbocycles. The van der Waals surface area contributed by atoms with Gasteiger partial charge in [-0.2, -0.15) is 0 Å². The van der Waals surface area contributed by atoms with Gasteiger partial charge in [-0.1, -0.05) is 63.6 Å². The van der Waals surface area contributed by atoms with E-state index < -0.39 is 6.04 Å². The molecule has 168 valence electrons. The van der Waals surface area contributed by atoms with Crippen molar-refractivity contribution >= 4 is 27.7 Å². The molecule has 2 aromatic rings. The third-order valence-corrected chi connectivity index (χ3v) is 5.79. The first-order valence-electron chi connectivity index (χ1n) is 10.9. The average Bonchev–Trinajstić information content (AvgIpc) is 2.76. The molecule has 0 aromatic heterocycles. The Balaban J connectivity index is 2.11. The first-order valence-corrected chi connectivity index (χ1v) is 11.7. The molecular weight excluding hydrogens is 456 g/mol. The molecule has 0 unspecified atom stereocenters. The summed E-state index contributed by atoms with van der Waals surface area (Å²) in [6.07, 6.45) is 1.91. The molecule has 0 saturated carbocycles. The van der Waals surface area contributed by atoms with Crippen molar-refractivity contribution in [3.05, 3.63) is 64.1 Å². The van der Waals surface area contributed by atoms with Gasteiger partial charge in [-0.25, -0.2) is 0 Å². The molecule has 2 amide bonds. The lowest BCUT2D eigenvalue weighted by Crippen LogP contribution is -2.49. The minimum atomic E-state index is -0.597. The van der Waals surface area contributed by atoms with Crippen molar-refractivity contribution in [2.24, 2.45) is 0 Å². The number of rotatable bonds is 11. The zero-order chi connectivity index (χ0) is 22.8. The molecule has 31 heavy (non-hydrogen) atoms. The maximum atomic E-state index is 13.1. The number of hydrogen-bond acceptors (Lipinski definition) is 3. The summed E-state index contributed by atoms with van der Waals surface area (Å²) in [6.45, 7) is 8.90. The van der Waals surface area contributed by atoms with E-state index in [1.165, 1.54) is 5.56 Å². The van der Waals surface area contributed by atoms with Crippen LogP contribution < -0.4 is 10.1 Å². The first kappa shape index (κ1) is 24.9. The second-order valence-electron chi connectivity index (χ2n) is 7.96. The minimum Gasteiger partial charge on any atom is -0.483 e. The first-order chi connectivity index (χ1) is 14.8. The maximum absolute atomic E-state index is 13.1. The quantitative estimate of drug-likeness (QED) is 0.437. The number of halogens is 1. The lowest BCUT2D eigenvalue weighted by atomic mass is 10.0. The van der Waals surface area contributed by atoms with Gasteiger partial charge in [0, 0.05) is 13.1 Å². The van der Waals surface area contributed by atoms with E-state index in [-0.39, 0.29) is 18.4 Å². The molecule has 5 nitrogen and oxygen atoms in total. The number of carbonyl (C=O) groups excluding carboxylic acids is 2. The van der Waals surface area contributed by atoms with Gasteiger partial charge in [-0.3, -0.25) is 9.59 Å². The topological polar surface area (TPSA) is 58.6 Å². The Labute approximate surface area is 194 Å². The van der Waals surface area contributed by atoms with Crippen LogP contribution in [0.1, 0.15) is 57.6 Å². The van der Waals surface area contributed by atoms with Gasteiger partial charge in [-0.15, -0.1) is 0 Å². The highest BCUT2D eigenvalue weighted by molar-refractivity contribution is 9.10. The SMILES string of the molecule is CCCCNC(=O)[C@@H](C)N(Cc1ccccc1)C(=O)COc1ccc(C(C)C)cc1Br. The van der Waals surface area contributed by atoms with Crippen LogP contribution in [0.5, 0.6) is 5.75 Å². The fraction of sp³-hybridized carbons (Fsp3) is 0.440. The van der Waals surface area contributed by atoms with Crippen LogP contribution in [0.25, 0.3) is 0 Å². The van der Waals surface area contributed by atoms with Gasteiger partial charge in [0.15, 0.2) is 6.61 Å². The summed E-state index contributed by atoms with van der Waals surface area (Å²) in [5.41, 5.74) is 2.15. The van der Waals surface area contributed by atoms with Crippen LogP contribution in [-0.4, -0.2) is 35.9 Å². The van der Waals surface area contributed by atoms with E-state index in [0.29, 0.717) is 24.8 Å². The van der Waals surface area contributed by atoms with Crippen molar-refractivity contribution in [2.75, 3.05) is 13.2 Å². The summed E-state index contributed by atoms with van der Waals surface area (Å²) < 4.78 is 6.62. The zero-order valence-corrected chi connectivity index (χ0v) is 20.4.